The summed E-state index contributed by atoms with van der Waals surface area (Å²) in [7, 11) is 0. The number of rotatable bonds is 4. The Morgan fingerprint density at radius 1 is 1.42 bits per heavy atom. The lowest BCUT2D eigenvalue weighted by Crippen LogP contribution is -2.27. The van der Waals surface area contributed by atoms with E-state index in [0.717, 1.165) is 29.7 Å². The van der Waals surface area contributed by atoms with Crippen LogP contribution in [-0.2, 0) is 4.74 Å². The zero-order valence-electron chi connectivity index (χ0n) is 10.7. The van der Waals surface area contributed by atoms with Gasteiger partial charge in [-0.05, 0) is 24.6 Å². The lowest BCUT2D eigenvalue weighted by Gasteiger charge is -2.17. The highest BCUT2D eigenvalue weighted by molar-refractivity contribution is 5.79. The van der Waals surface area contributed by atoms with Crippen molar-refractivity contribution in [3.8, 4) is 5.75 Å². The summed E-state index contributed by atoms with van der Waals surface area (Å²) < 4.78 is 10.9. The van der Waals surface area contributed by atoms with Crippen LogP contribution in [0.25, 0.3) is 10.9 Å². The minimum Gasteiger partial charge on any atom is -0.491 e. The standard InChI is InChI=1S/C15H17NO3/c17-15(12-5-7-18-9-12)10-19-13-4-3-11-2-1-6-16-14(11)8-13/h1-4,6,8,12,15,17H,5,7,9-10H2. The highest BCUT2D eigenvalue weighted by Gasteiger charge is 2.24. The van der Waals surface area contributed by atoms with Gasteiger partial charge in [-0.25, -0.2) is 0 Å². The van der Waals surface area contributed by atoms with Crippen molar-refractivity contribution in [1.82, 2.24) is 4.98 Å². The molecular formula is C15H17NO3. The van der Waals surface area contributed by atoms with Crippen LogP contribution in [0.3, 0.4) is 0 Å². The van der Waals surface area contributed by atoms with Gasteiger partial charge in [0.05, 0.1) is 18.2 Å². The molecule has 2 aromatic rings. The number of nitrogens with zero attached hydrogens (tertiary/aromatic N) is 1. The molecule has 2 atom stereocenters. The smallest absolute Gasteiger partial charge is 0.121 e. The van der Waals surface area contributed by atoms with Gasteiger partial charge < -0.3 is 14.6 Å². The minimum atomic E-state index is -0.470. The summed E-state index contributed by atoms with van der Waals surface area (Å²) in [4.78, 5) is 4.28. The van der Waals surface area contributed by atoms with Crippen LogP contribution in [0.2, 0.25) is 0 Å². The maximum Gasteiger partial charge on any atom is 0.121 e. The minimum absolute atomic E-state index is 0.193. The first kappa shape index (κ1) is 12.4. The Bertz CT molecular complexity index is 552. The number of pyridine rings is 1. The van der Waals surface area contributed by atoms with Gasteiger partial charge in [0, 0.05) is 30.2 Å². The van der Waals surface area contributed by atoms with Crippen molar-refractivity contribution in [3.05, 3.63) is 36.5 Å². The molecule has 2 heterocycles. The molecule has 19 heavy (non-hydrogen) atoms. The number of aliphatic hydroxyl groups is 1. The Morgan fingerprint density at radius 3 is 3.21 bits per heavy atom. The third kappa shape index (κ3) is 2.85. The molecule has 100 valence electrons. The van der Waals surface area contributed by atoms with Gasteiger partial charge in [0.1, 0.15) is 12.4 Å². The number of aromatic nitrogens is 1. The first-order valence-corrected chi connectivity index (χ1v) is 6.56. The molecule has 4 nitrogen and oxygen atoms in total. The van der Waals surface area contributed by atoms with Crippen LogP contribution in [0.15, 0.2) is 36.5 Å². The normalized spacial score (nSPS) is 20.6. The zero-order chi connectivity index (χ0) is 13.1. The van der Waals surface area contributed by atoms with Gasteiger partial charge in [-0.3, -0.25) is 4.98 Å². The fourth-order valence-electron chi connectivity index (χ4n) is 2.31. The Morgan fingerprint density at radius 2 is 2.37 bits per heavy atom. The van der Waals surface area contributed by atoms with Crippen LogP contribution in [0.4, 0.5) is 0 Å². The van der Waals surface area contributed by atoms with E-state index in [1.54, 1.807) is 6.20 Å². The van der Waals surface area contributed by atoms with Crippen molar-refractivity contribution in [1.29, 1.82) is 0 Å². The molecule has 1 aromatic heterocycles. The van der Waals surface area contributed by atoms with Crippen LogP contribution in [0.1, 0.15) is 6.42 Å². The molecule has 0 bridgehead atoms. The molecule has 4 heteroatoms. The van der Waals surface area contributed by atoms with Gasteiger partial charge in [-0.1, -0.05) is 6.07 Å². The van der Waals surface area contributed by atoms with Gasteiger partial charge in [-0.15, -0.1) is 0 Å². The fourth-order valence-corrected chi connectivity index (χ4v) is 2.31. The number of hydrogen-bond donors (Lipinski definition) is 1. The van der Waals surface area contributed by atoms with E-state index >= 15 is 0 Å². The molecule has 0 saturated carbocycles. The second-order valence-corrected chi connectivity index (χ2v) is 4.86. The molecule has 0 radical (unpaired) electrons. The summed E-state index contributed by atoms with van der Waals surface area (Å²) in [6, 6.07) is 9.70. The quantitative estimate of drug-likeness (QED) is 0.912. The highest BCUT2D eigenvalue weighted by Crippen LogP contribution is 2.21. The number of ether oxygens (including phenoxy) is 2. The molecule has 0 spiro atoms. The maximum atomic E-state index is 10.0. The summed E-state index contributed by atoms with van der Waals surface area (Å²) in [6.45, 7) is 1.66. The molecule has 1 aliphatic heterocycles. The third-order valence-corrected chi connectivity index (χ3v) is 3.51. The predicted octanol–water partition coefficient (Wildman–Crippen LogP) is 2.01. The zero-order valence-corrected chi connectivity index (χ0v) is 10.7. The molecule has 1 N–H and O–H groups in total. The molecule has 1 fully saturated rings. The van der Waals surface area contributed by atoms with Crippen molar-refractivity contribution in [2.24, 2.45) is 5.92 Å². The van der Waals surface area contributed by atoms with Crippen LogP contribution >= 0.6 is 0 Å². The number of aliphatic hydroxyl groups excluding tert-OH is 1. The van der Waals surface area contributed by atoms with E-state index in [9.17, 15) is 5.11 Å². The summed E-state index contributed by atoms with van der Waals surface area (Å²) in [6.07, 6.45) is 2.20. The van der Waals surface area contributed by atoms with Crippen molar-refractivity contribution in [2.75, 3.05) is 19.8 Å². The topological polar surface area (TPSA) is 51.6 Å². The lowest BCUT2D eigenvalue weighted by atomic mass is 10.0. The van der Waals surface area contributed by atoms with Crippen LogP contribution in [-0.4, -0.2) is 36.0 Å². The Kier molecular flexibility index (Phi) is 3.62. The van der Waals surface area contributed by atoms with Crippen molar-refractivity contribution >= 4 is 10.9 Å². The summed E-state index contributed by atoms with van der Waals surface area (Å²) in [5, 5.41) is 11.1. The van der Waals surface area contributed by atoms with E-state index in [1.807, 2.05) is 30.3 Å². The van der Waals surface area contributed by atoms with Crippen molar-refractivity contribution in [2.45, 2.75) is 12.5 Å². The molecule has 1 saturated heterocycles. The van der Waals surface area contributed by atoms with E-state index in [0.29, 0.717) is 13.2 Å². The molecule has 0 aliphatic carbocycles. The second kappa shape index (κ2) is 5.55. The summed E-state index contributed by atoms with van der Waals surface area (Å²) in [5.74, 6) is 0.933. The molecule has 3 rings (SSSR count). The van der Waals surface area contributed by atoms with Gasteiger partial charge in [-0.2, -0.15) is 0 Å². The Hall–Kier alpha value is -1.65. The average Bonchev–Trinajstić information content (AvgIpc) is 2.99. The number of hydrogen-bond acceptors (Lipinski definition) is 4. The molecular weight excluding hydrogens is 242 g/mol. The summed E-state index contributed by atoms with van der Waals surface area (Å²) >= 11 is 0. The predicted molar refractivity (Wildman–Crippen MR) is 72.2 cm³/mol. The average molecular weight is 259 g/mol. The lowest BCUT2D eigenvalue weighted by molar-refractivity contribution is 0.0500. The highest BCUT2D eigenvalue weighted by atomic mass is 16.5. The monoisotopic (exact) mass is 259 g/mol. The van der Waals surface area contributed by atoms with E-state index in [2.05, 4.69) is 4.98 Å². The SMILES string of the molecule is OC(COc1ccc2cccnc2c1)C1CCOC1. The number of fused-ring (bicyclic) bond motifs is 1. The van der Waals surface area contributed by atoms with E-state index in [-0.39, 0.29) is 5.92 Å². The summed E-state index contributed by atoms with van der Waals surface area (Å²) in [5.41, 5.74) is 0.902. The Balaban J connectivity index is 1.64. The van der Waals surface area contributed by atoms with Crippen LogP contribution in [0, 0.1) is 5.92 Å². The van der Waals surface area contributed by atoms with Gasteiger partial charge in [0.2, 0.25) is 0 Å². The van der Waals surface area contributed by atoms with Gasteiger partial charge in [0.25, 0.3) is 0 Å². The van der Waals surface area contributed by atoms with Crippen LogP contribution < -0.4 is 4.74 Å². The third-order valence-electron chi connectivity index (χ3n) is 3.51. The van der Waals surface area contributed by atoms with Crippen molar-refractivity contribution in [3.63, 3.8) is 0 Å². The maximum absolute atomic E-state index is 10.0. The Labute approximate surface area is 112 Å². The van der Waals surface area contributed by atoms with Crippen molar-refractivity contribution < 1.29 is 14.6 Å². The van der Waals surface area contributed by atoms with Gasteiger partial charge in [0.15, 0.2) is 0 Å². The molecule has 2 unspecified atom stereocenters. The van der Waals surface area contributed by atoms with E-state index < -0.39 is 6.10 Å². The molecule has 0 amide bonds. The first-order valence-electron chi connectivity index (χ1n) is 6.56. The molecule has 1 aliphatic rings. The largest absolute Gasteiger partial charge is 0.491 e. The van der Waals surface area contributed by atoms with Crippen LogP contribution in [0.5, 0.6) is 5.75 Å². The molecule has 1 aromatic carbocycles. The van der Waals surface area contributed by atoms with Gasteiger partial charge >= 0.3 is 0 Å². The van der Waals surface area contributed by atoms with E-state index in [1.165, 1.54) is 0 Å². The fraction of sp³-hybridized carbons (Fsp3) is 0.400. The second-order valence-electron chi connectivity index (χ2n) is 4.86. The first-order chi connectivity index (χ1) is 9.33. The van der Waals surface area contributed by atoms with E-state index in [4.69, 9.17) is 9.47 Å². The number of benzene rings is 1.